The molecule has 1 saturated heterocycles. The number of carbonyl (C=O) groups excluding carboxylic acids is 2. The topological polar surface area (TPSA) is 122 Å². The molecule has 3 N–H and O–H groups in total. The highest BCUT2D eigenvalue weighted by Gasteiger charge is 2.39. The van der Waals surface area contributed by atoms with Crippen LogP contribution in [0.1, 0.15) is 30.9 Å². The number of ether oxygens (including phenoxy) is 1. The minimum Gasteiger partial charge on any atom is -0.410 e. The third-order valence-corrected chi connectivity index (χ3v) is 7.62. The molecule has 0 spiro atoms. The lowest BCUT2D eigenvalue weighted by molar-refractivity contribution is -0.124. The van der Waals surface area contributed by atoms with Crippen LogP contribution in [0.2, 0.25) is 0 Å². The largest absolute Gasteiger partial charge is 0.414 e. The molecule has 2 aromatic carbocycles. The Labute approximate surface area is 200 Å². The van der Waals surface area contributed by atoms with Gasteiger partial charge in [-0.2, -0.15) is 4.31 Å². The SMILES string of the molecule is C[C@H](Cc1ccc(OC(=O)N(C)C)cc1)NC(=O)[C@@H]1CCCN1S(=O)(=O)c1ccc(CN)cc1. The summed E-state index contributed by atoms with van der Waals surface area (Å²) in [6.45, 7) is 2.51. The van der Waals surface area contributed by atoms with Gasteiger partial charge in [0.25, 0.3) is 0 Å². The van der Waals surface area contributed by atoms with E-state index in [4.69, 9.17) is 10.5 Å². The maximum absolute atomic E-state index is 13.2. The first kappa shape index (κ1) is 25.7. The Hall–Kier alpha value is -2.95. The van der Waals surface area contributed by atoms with E-state index in [-0.39, 0.29) is 16.8 Å². The molecule has 0 bridgehead atoms. The van der Waals surface area contributed by atoms with E-state index >= 15 is 0 Å². The van der Waals surface area contributed by atoms with Crippen molar-refractivity contribution >= 4 is 22.0 Å². The van der Waals surface area contributed by atoms with Crippen molar-refractivity contribution in [2.45, 2.75) is 49.7 Å². The van der Waals surface area contributed by atoms with Crippen LogP contribution in [0.15, 0.2) is 53.4 Å². The van der Waals surface area contributed by atoms with Gasteiger partial charge in [-0.15, -0.1) is 0 Å². The number of benzene rings is 2. The molecular formula is C24H32N4O5S. The quantitative estimate of drug-likeness (QED) is 0.587. The van der Waals surface area contributed by atoms with Gasteiger partial charge < -0.3 is 20.7 Å². The number of hydrogen-bond acceptors (Lipinski definition) is 6. The fraction of sp³-hybridized carbons (Fsp3) is 0.417. The van der Waals surface area contributed by atoms with Gasteiger partial charge in [0.1, 0.15) is 11.8 Å². The minimum absolute atomic E-state index is 0.160. The number of sulfonamides is 1. The van der Waals surface area contributed by atoms with Crippen LogP contribution in [-0.4, -0.2) is 62.3 Å². The highest BCUT2D eigenvalue weighted by atomic mass is 32.2. The van der Waals surface area contributed by atoms with Gasteiger partial charge in [0.15, 0.2) is 0 Å². The number of amides is 2. The summed E-state index contributed by atoms with van der Waals surface area (Å²) in [6.07, 6.45) is 1.19. The number of rotatable bonds is 8. The molecule has 1 heterocycles. The lowest BCUT2D eigenvalue weighted by atomic mass is 10.1. The molecule has 2 atom stereocenters. The summed E-state index contributed by atoms with van der Waals surface area (Å²) in [5.41, 5.74) is 7.39. The molecule has 0 radical (unpaired) electrons. The van der Waals surface area contributed by atoms with E-state index in [9.17, 15) is 18.0 Å². The zero-order valence-corrected chi connectivity index (χ0v) is 20.5. The zero-order valence-electron chi connectivity index (χ0n) is 19.7. The second-order valence-electron chi connectivity index (χ2n) is 8.64. The average molecular weight is 489 g/mol. The standard InChI is InChI=1S/C24H32N4O5S/c1-17(15-18-6-10-20(11-7-18)33-24(30)27(2)3)26-23(29)22-5-4-14-28(22)34(31,32)21-12-8-19(16-25)9-13-21/h6-13,17,22H,4-5,14-16,25H2,1-3H3,(H,26,29)/t17-,22+/m1/s1. The van der Waals surface area contributed by atoms with Crippen molar-refractivity contribution in [1.29, 1.82) is 0 Å². The second-order valence-corrected chi connectivity index (χ2v) is 10.5. The molecule has 1 fully saturated rings. The third kappa shape index (κ3) is 6.13. The van der Waals surface area contributed by atoms with Gasteiger partial charge >= 0.3 is 6.09 Å². The van der Waals surface area contributed by atoms with E-state index in [1.54, 1.807) is 38.4 Å². The number of nitrogens with zero attached hydrogens (tertiary/aromatic N) is 2. The van der Waals surface area contributed by atoms with Crippen LogP contribution in [0, 0.1) is 0 Å². The fourth-order valence-corrected chi connectivity index (χ4v) is 5.51. The lowest BCUT2D eigenvalue weighted by Crippen LogP contribution is -2.48. The number of nitrogens with two attached hydrogens (primary N) is 1. The maximum Gasteiger partial charge on any atom is 0.414 e. The molecule has 1 aliphatic rings. The van der Waals surface area contributed by atoms with Crippen LogP contribution >= 0.6 is 0 Å². The monoisotopic (exact) mass is 488 g/mol. The van der Waals surface area contributed by atoms with E-state index < -0.39 is 22.2 Å². The van der Waals surface area contributed by atoms with Gasteiger partial charge in [0, 0.05) is 33.2 Å². The summed E-state index contributed by atoms with van der Waals surface area (Å²) < 4.78 is 32.8. The third-order valence-electron chi connectivity index (χ3n) is 5.70. The van der Waals surface area contributed by atoms with Gasteiger partial charge in [-0.1, -0.05) is 24.3 Å². The smallest absolute Gasteiger partial charge is 0.410 e. The highest BCUT2D eigenvalue weighted by molar-refractivity contribution is 7.89. The Balaban J connectivity index is 1.61. The molecule has 1 aliphatic heterocycles. The Morgan fingerprint density at radius 2 is 1.74 bits per heavy atom. The molecule has 2 aromatic rings. The molecule has 10 heteroatoms. The molecule has 0 aromatic heterocycles. The van der Waals surface area contributed by atoms with Gasteiger partial charge in [0.05, 0.1) is 4.90 Å². The normalized spacial score (nSPS) is 17.2. The molecule has 0 saturated carbocycles. The van der Waals surface area contributed by atoms with E-state index in [0.29, 0.717) is 38.1 Å². The number of nitrogens with one attached hydrogen (secondary N) is 1. The minimum atomic E-state index is -3.79. The molecule has 34 heavy (non-hydrogen) atoms. The number of hydrogen-bond donors (Lipinski definition) is 2. The summed E-state index contributed by atoms with van der Waals surface area (Å²) in [5.74, 6) is 0.133. The molecule has 2 amide bonds. The Morgan fingerprint density at radius 3 is 2.32 bits per heavy atom. The summed E-state index contributed by atoms with van der Waals surface area (Å²) >= 11 is 0. The van der Waals surface area contributed by atoms with Crippen molar-refractivity contribution in [3.63, 3.8) is 0 Å². The predicted octanol–water partition coefficient (Wildman–Crippen LogP) is 2.11. The Bertz CT molecular complexity index is 1100. The Morgan fingerprint density at radius 1 is 1.12 bits per heavy atom. The average Bonchev–Trinajstić information content (AvgIpc) is 3.31. The van der Waals surface area contributed by atoms with Crippen LogP contribution in [0.3, 0.4) is 0 Å². The highest BCUT2D eigenvalue weighted by Crippen LogP contribution is 2.26. The van der Waals surface area contributed by atoms with Crippen LogP contribution in [0.4, 0.5) is 4.79 Å². The van der Waals surface area contributed by atoms with Gasteiger partial charge in [0.2, 0.25) is 15.9 Å². The van der Waals surface area contributed by atoms with Crippen molar-refractivity contribution in [2.24, 2.45) is 5.73 Å². The fourth-order valence-electron chi connectivity index (χ4n) is 3.85. The van der Waals surface area contributed by atoms with E-state index in [1.807, 2.05) is 19.1 Å². The molecular weight excluding hydrogens is 456 g/mol. The first-order chi connectivity index (χ1) is 16.1. The summed E-state index contributed by atoms with van der Waals surface area (Å²) in [4.78, 5) is 26.1. The van der Waals surface area contributed by atoms with E-state index in [0.717, 1.165) is 11.1 Å². The van der Waals surface area contributed by atoms with Gasteiger partial charge in [-0.3, -0.25) is 4.79 Å². The van der Waals surface area contributed by atoms with Gasteiger partial charge in [-0.25, -0.2) is 13.2 Å². The maximum atomic E-state index is 13.2. The zero-order chi connectivity index (χ0) is 24.9. The van der Waals surface area contributed by atoms with Crippen LogP contribution in [0.25, 0.3) is 0 Å². The summed E-state index contributed by atoms with van der Waals surface area (Å²) in [7, 11) is -0.574. The van der Waals surface area contributed by atoms with Crippen molar-refractivity contribution in [3.05, 3.63) is 59.7 Å². The van der Waals surface area contributed by atoms with Crippen LogP contribution < -0.4 is 15.8 Å². The first-order valence-electron chi connectivity index (χ1n) is 11.2. The van der Waals surface area contributed by atoms with E-state index in [2.05, 4.69) is 5.32 Å². The summed E-state index contributed by atoms with van der Waals surface area (Å²) in [6, 6.07) is 12.6. The van der Waals surface area contributed by atoms with E-state index in [1.165, 1.54) is 21.3 Å². The van der Waals surface area contributed by atoms with Crippen molar-refractivity contribution in [3.8, 4) is 5.75 Å². The summed E-state index contributed by atoms with van der Waals surface area (Å²) in [5, 5.41) is 2.95. The van der Waals surface area contributed by atoms with Gasteiger partial charge in [-0.05, 0) is 61.6 Å². The molecule has 0 unspecified atom stereocenters. The predicted molar refractivity (Wildman–Crippen MR) is 129 cm³/mol. The number of carbonyl (C=O) groups is 2. The molecule has 0 aliphatic carbocycles. The van der Waals surface area contributed by atoms with Crippen LogP contribution in [0.5, 0.6) is 5.75 Å². The molecule has 3 rings (SSSR count). The molecule has 184 valence electrons. The lowest BCUT2D eigenvalue weighted by Gasteiger charge is -2.25. The Kier molecular flexibility index (Phi) is 8.29. The van der Waals surface area contributed by atoms with Crippen LogP contribution in [-0.2, 0) is 27.8 Å². The van der Waals surface area contributed by atoms with Crippen molar-refractivity contribution < 1.29 is 22.7 Å². The second kappa shape index (κ2) is 11.0. The first-order valence-corrected chi connectivity index (χ1v) is 12.6. The molecule has 9 nitrogen and oxygen atoms in total. The van der Waals surface area contributed by atoms with Crippen molar-refractivity contribution in [2.75, 3.05) is 20.6 Å². The van der Waals surface area contributed by atoms with Crippen molar-refractivity contribution in [1.82, 2.24) is 14.5 Å².